The number of amides is 1. The van der Waals surface area contributed by atoms with Crippen LogP contribution in [0.1, 0.15) is 25.8 Å². The highest BCUT2D eigenvalue weighted by molar-refractivity contribution is 6.21. The predicted molar refractivity (Wildman–Crippen MR) is 98.7 cm³/mol. The number of carbonyl (C=O) groups excluding carboxylic acids is 2. The van der Waals surface area contributed by atoms with Gasteiger partial charge in [-0.1, -0.05) is 55.5 Å². The van der Waals surface area contributed by atoms with E-state index in [0.717, 1.165) is 12.0 Å². The van der Waals surface area contributed by atoms with E-state index in [-0.39, 0.29) is 5.70 Å². The monoisotopic (exact) mass is 351 g/mol. The van der Waals surface area contributed by atoms with Crippen LogP contribution in [0.5, 0.6) is 0 Å². The van der Waals surface area contributed by atoms with E-state index in [9.17, 15) is 14.7 Å². The van der Waals surface area contributed by atoms with Gasteiger partial charge in [-0.05, 0) is 31.1 Å². The second-order valence-corrected chi connectivity index (χ2v) is 6.22. The molecular formula is C21H21NO4. The number of aliphatic hydroxyl groups excluding tert-OH is 1. The second kappa shape index (κ2) is 7.14. The first-order valence-electron chi connectivity index (χ1n) is 8.54. The lowest BCUT2D eigenvalue weighted by molar-refractivity contribution is -0.151. The zero-order valence-electron chi connectivity index (χ0n) is 14.7. The van der Waals surface area contributed by atoms with E-state index >= 15 is 0 Å². The second-order valence-electron chi connectivity index (χ2n) is 6.22. The molecule has 134 valence electrons. The van der Waals surface area contributed by atoms with Gasteiger partial charge < -0.3 is 15.2 Å². The number of hydrogen-bond donors (Lipinski definition) is 2. The van der Waals surface area contributed by atoms with Crippen LogP contribution in [0.15, 0.2) is 71.7 Å². The molecule has 2 aliphatic heterocycles. The summed E-state index contributed by atoms with van der Waals surface area (Å²) in [6.45, 7) is 3.61. The molecule has 5 nitrogen and oxygen atoms in total. The summed E-state index contributed by atoms with van der Waals surface area (Å²) in [6, 6.07) is 9.25. The van der Waals surface area contributed by atoms with Crippen molar-refractivity contribution in [2.45, 2.75) is 32.0 Å². The zero-order valence-corrected chi connectivity index (χ0v) is 14.7. The fourth-order valence-electron chi connectivity index (χ4n) is 3.01. The van der Waals surface area contributed by atoms with Gasteiger partial charge >= 0.3 is 0 Å². The van der Waals surface area contributed by atoms with Crippen LogP contribution in [-0.2, 0) is 14.3 Å². The van der Waals surface area contributed by atoms with Crippen molar-refractivity contribution in [3.63, 3.8) is 0 Å². The van der Waals surface area contributed by atoms with Crippen LogP contribution in [0.25, 0.3) is 6.08 Å². The summed E-state index contributed by atoms with van der Waals surface area (Å²) < 4.78 is 5.71. The standard InChI is InChI=1S/C21H21NO4/c1-3-4-5-9-12-17-14(2)18(23)21(26-17)19(24)16(22-20(21)25)13-15-10-7-6-8-11-15/h4-13,19,24H,3H2,1-2H3,(H,22,25)/b5-4+,12-9+,16-13-/t19-,21+/m0/s1. The number of allylic oxidation sites excluding steroid dienone is 4. The molecule has 0 unspecified atom stereocenters. The van der Waals surface area contributed by atoms with E-state index < -0.39 is 23.4 Å². The van der Waals surface area contributed by atoms with Gasteiger partial charge in [-0.3, -0.25) is 9.59 Å². The van der Waals surface area contributed by atoms with E-state index in [1.165, 1.54) is 0 Å². The van der Waals surface area contributed by atoms with Crippen LogP contribution in [-0.4, -0.2) is 28.5 Å². The molecule has 1 spiro atoms. The maximum Gasteiger partial charge on any atom is 0.279 e. The van der Waals surface area contributed by atoms with Gasteiger partial charge in [-0.15, -0.1) is 0 Å². The minimum Gasteiger partial charge on any atom is -0.465 e. The Morgan fingerprint density at radius 1 is 1.23 bits per heavy atom. The Morgan fingerprint density at radius 2 is 1.96 bits per heavy atom. The molecular weight excluding hydrogens is 330 g/mol. The van der Waals surface area contributed by atoms with E-state index in [1.54, 1.807) is 25.2 Å². The number of Topliss-reactive ketones (excluding diaryl/α,β-unsaturated/α-hetero) is 1. The third-order valence-electron chi connectivity index (χ3n) is 4.45. The Kier molecular flexibility index (Phi) is 4.91. The summed E-state index contributed by atoms with van der Waals surface area (Å²) >= 11 is 0. The van der Waals surface area contributed by atoms with Gasteiger partial charge in [0.15, 0.2) is 6.10 Å². The van der Waals surface area contributed by atoms with E-state index in [0.29, 0.717) is 11.3 Å². The SMILES string of the molecule is CC/C=C/C=C/C1=C(C)C(=O)[C@]2(O1)C(=O)N/C(=C\c1ccccc1)[C@@H]2O. The van der Waals surface area contributed by atoms with Gasteiger partial charge in [-0.25, -0.2) is 0 Å². The summed E-state index contributed by atoms with van der Waals surface area (Å²) in [5.74, 6) is -0.868. The molecule has 26 heavy (non-hydrogen) atoms. The van der Waals surface area contributed by atoms with Gasteiger partial charge in [0.25, 0.3) is 11.5 Å². The van der Waals surface area contributed by atoms with Gasteiger partial charge in [-0.2, -0.15) is 0 Å². The summed E-state index contributed by atoms with van der Waals surface area (Å²) in [5.41, 5.74) is -0.572. The van der Waals surface area contributed by atoms with Gasteiger partial charge in [0.1, 0.15) is 5.76 Å². The number of hydrogen-bond acceptors (Lipinski definition) is 4. The number of ketones is 1. The number of nitrogens with one attached hydrogen (secondary N) is 1. The molecule has 2 atom stereocenters. The molecule has 3 rings (SSSR count). The molecule has 0 aliphatic carbocycles. The van der Waals surface area contributed by atoms with Crippen molar-refractivity contribution in [3.8, 4) is 0 Å². The number of benzene rings is 1. The Morgan fingerprint density at radius 3 is 2.65 bits per heavy atom. The first-order valence-corrected chi connectivity index (χ1v) is 8.54. The quantitative estimate of drug-likeness (QED) is 0.646. The van der Waals surface area contributed by atoms with Gasteiger partial charge in [0.05, 0.1) is 5.70 Å². The average Bonchev–Trinajstić information content (AvgIpc) is 3.03. The Balaban J connectivity index is 1.90. The van der Waals surface area contributed by atoms with Crippen molar-refractivity contribution in [3.05, 3.63) is 77.2 Å². The molecule has 2 N–H and O–H groups in total. The first-order chi connectivity index (χ1) is 12.5. The maximum absolute atomic E-state index is 12.8. The number of aliphatic hydroxyl groups is 1. The number of ether oxygens (including phenoxy) is 1. The van der Waals surface area contributed by atoms with Crippen LogP contribution in [0.3, 0.4) is 0 Å². The van der Waals surface area contributed by atoms with Crippen LogP contribution in [0, 0.1) is 0 Å². The molecule has 2 aliphatic rings. The fraction of sp³-hybridized carbons (Fsp3) is 0.238. The maximum atomic E-state index is 12.8. The van der Waals surface area contributed by atoms with E-state index in [1.807, 2.05) is 49.4 Å². The van der Waals surface area contributed by atoms with Crippen molar-refractivity contribution in [1.29, 1.82) is 0 Å². The van der Waals surface area contributed by atoms with E-state index in [4.69, 9.17) is 4.74 Å². The summed E-state index contributed by atoms with van der Waals surface area (Å²) in [7, 11) is 0. The van der Waals surface area contributed by atoms with Crippen molar-refractivity contribution in [2.75, 3.05) is 0 Å². The average molecular weight is 351 g/mol. The lowest BCUT2D eigenvalue weighted by atomic mass is 9.90. The van der Waals surface area contributed by atoms with Crippen LogP contribution in [0.2, 0.25) is 0 Å². The van der Waals surface area contributed by atoms with Gasteiger partial charge in [0, 0.05) is 5.57 Å². The van der Waals surface area contributed by atoms with Crippen LogP contribution >= 0.6 is 0 Å². The third kappa shape index (κ3) is 2.91. The minimum atomic E-state index is -1.95. The smallest absolute Gasteiger partial charge is 0.279 e. The third-order valence-corrected chi connectivity index (χ3v) is 4.45. The zero-order chi connectivity index (χ0) is 18.7. The van der Waals surface area contributed by atoms with Crippen LogP contribution < -0.4 is 5.32 Å². The van der Waals surface area contributed by atoms with E-state index in [2.05, 4.69) is 5.32 Å². The fourth-order valence-corrected chi connectivity index (χ4v) is 3.01. The molecule has 1 aromatic carbocycles. The van der Waals surface area contributed by atoms with Crippen molar-refractivity contribution >= 4 is 17.8 Å². The molecule has 0 bridgehead atoms. The first kappa shape index (κ1) is 17.9. The Hall–Kier alpha value is -2.92. The number of carbonyl (C=O) groups is 2. The minimum absolute atomic E-state index is 0.249. The molecule has 1 aromatic rings. The molecule has 0 saturated carbocycles. The topological polar surface area (TPSA) is 75.6 Å². The highest BCUT2D eigenvalue weighted by Crippen LogP contribution is 2.40. The normalized spacial score (nSPS) is 27.3. The largest absolute Gasteiger partial charge is 0.465 e. The molecule has 5 heteroatoms. The lowest BCUT2D eigenvalue weighted by Gasteiger charge is -2.23. The molecule has 0 aromatic heterocycles. The van der Waals surface area contributed by atoms with Crippen LogP contribution in [0.4, 0.5) is 0 Å². The van der Waals surface area contributed by atoms with Gasteiger partial charge in [0.2, 0.25) is 5.78 Å². The molecule has 0 radical (unpaired) electrons. The highest BCUT2D eigenvalue weighted by atomic mass is 16.5. The highest BCUT2D eigenvalue weighted by Gasteiger charge is 2.64. The molecule has 1 saturated heterocycles. The molecule has 1 fully saturated rings. The number of rotatable bonds is 4. The predicted octanol–water partition coefficient (Wildman–Crippen LogP) is 2.65. The summed E-state index contributed by atoms with van der Waals surface area (Å²) in [4.78, 5) is 25.3. The molecule has 1 amide bonds. The van der Waals surface area contributed by atoms with Crippen molar-refractivity contribution in [2.24, 2.45) is 0 Å². The Bertz CT molecular complexity index is 848. The summed E-state index contributed by atoms with van der Waals surface area (Å²) in [6.07, 6.45) is 8.31. The Labute approximate surface area is 152 Å². The van der Waals surface area contributed by atoms with Crippen molar-refractivity contribution in [1.82, 2.24) is 5.32 Å². The molecule has 2 heterocycles. The lowest BCUT2D eigenvalue weighted by Crippen LogP contribution is -2.51. The van der Waals surface area contributed by atoms with Crippen molar-refractivity contribution < 1.29 is 19.4 Å². The summed E-state index contributed by atoms with van der Waals surface area (Å²) in [5, 5.41) is 13.3.